The fourth-order valence-electron chi connectivity index (χ4n) is 2.35. The Bertz CT molecular complexity index is 467. The van der Waals surface area contributed by atoms with Crippen LogP contribution in [0.25, 0.3) is 0 Å². The SMILES string of the molecule is CC1CN(C(=O)CN(C)Cc2ccccc2Cl)CCO1. The number of benzene rings is 1. The predicted molar refractivity (Wildman–Crippen MR) is 79.8 cm³/mol. The smallest absolute Gasteiger partial charge is 0.236 e. The standard InChI is InChI=1S/C15H21ClN2O2/c1-12-9-18(7-8-20-12)15(19)11-17(2)10-13-5-3-4-6-14(13)16/h3-6,12H,7-11H2,1-2H3. The summed E-state index contributed by atoms with van der Waals surface area (Å²) in [5.41, 5.74) is 1.04. The molecule has 1 amide bonds. The topological polar surface area (TPSA) is 32.8 Å². The molecule has 1 aromatic carbocycles. The van der Waals surface area contributed by atoms with Crippen molar-refractivity contribution in [1.29, 1.82) is 0 Å². The number of carbonyl (C=O) groups is 1. The van der Waals surface area contributed by atoms with Crippen LogP contribution in [0.1, 0.15) is 12.5 Å². The second-order valence-corrected chi connectivity index (χ2v) is 5.69. The molecule has 5 heteroatoms. The van der Waals surface area contributed by atoms with E-state index in [0.29, 0.717) is 32.8 Å². The number of halogens is 1. The highest BCUT2D eigenvalue weighted by Gasteiger charge is 2.22. The lowest BCUT2D eigenvalue weighted by atomic mass is 10.2. The molecule has 0 radical (unpaired) electrons. The molecule has 1 saturated heterocycles. The first-order valence-corrected chi connectivity index (χ1v) is 7.25. The van der Waals surface area contributed by atoms with Gasteiger partial charge in [0.15, 0.2) is 0 Å². The van der Waals surface area contributed by atoms with Gasteiger partial charge in [-0.15, -0.1) is 0 Å². The number of hydrogen-bond donors (Lipinski definition) is 0. The molecular formula is C15H21ClN2O2. The molecule has 1 aliphatic rings. The zero-order chi connectivity index (χ0) is 14.5. The molecule has 1 unspecified atom stereocenters. The fourth-order valence-corrected chi connectivity index (χ4v) is 2.54. The summed E-state index contributed by atoms with van der Waals surface area (Å²) < 4.78 is 5.45. The minimum Gasteiger partial charge on any atom is -0.375 e. The van der Waals surface area contributed by atoms with Gasteiger partial charge in [-0.2, -0.15) is 0 Å². The monoisotopic (exact) mass is 296 g/mol. The molecule has 20 heavy (non-hydrogen) atoms. The van der Waals surface area contributed by atoms with Crippen LogP contribution < -0.4 is 0 Å². The number of likely N-dealkylation sites (N-methyl/N-ethyl adjacent to an activating group) is 1. The molecular weight excluding hydrogens is 276 g/mol. The Morgan fingerprint density at radius 2 is 2.25 bits per heavy atom. The van der Waals surface area contributed by atoms with Crippen molar-refractivity contribution < 1.29 is 9.53 Å². The minimum atomic E-state index is 0.126. The molecule has 0 aromatic heterocycles. The van der Waals surface area contributed by atoms with E-state index in [1.54, 1.807) is 0 Å². The Balaban J connectivity index is 1.86. The summed E-state index contributed by atoms with van der Waals surface area (Å²) >= 11 is 6.13. The molecule has 1 aromatic rings. The summed E-state index contributed by atoms with van der Waals surface area (Å²) in [5, 5.41) is 0.742. The quantitative estimate of drug-likeness (QED) is 0.852. The van der Waals surface area contributed by atoms with E-state index in [1.165, 1.54) is 0 Å². The van der Waals surface area contributed by atoms with Crippen LogP contribution in [0.4, 0.5) is 0 Å². The van der Waals surface area contributed by atoms with Crippen molar-refractivity contribution in [2.75, 3.05) is 33.3 Å². The maximum Gasteiger partial charge on any atom is 0.236 e. The summed E-state index contributed by atoms with van der Waals surface area (Å²) in [6.45, 7) is 5.05. The maximum absolute atomic E-state index is 12.2. The second-order valence-electron chi connectivity index (χ2n) is 5.28. The van der Waals surface area contributed by atoms with Gasteiger partial charge >= 0.3 is 0 Å². The highest BCUT2D eigenvalue weighted by atomic mass is 35.5. The van der Waals surface area contributed by atoms with E-state index in [2.05, 4.69) is 0 Å². The van der Waals surface area contributed by atoms with Gasteiger partial charge in [0, 0.05) is 24.7 Å². The first-order valence-electron chi connectivity index (χ1n) is 6.87. The number of ether oxygens (including phenoxy) is 1. The van der Waals surface area contributed by atoms with Gasteiger partial charge in [-0.25, -0.2) is 0 Å². The minimum absolute atomic E-state index is 0.126. The van der Waals surface area contributed by atoms with Crippen LogP contribution in [0, 0.1) is 0 Å². The van der Waals surface area contributed by atoms with Crippen molar-refractivity contribution in [1.82, 2.24) is 9.80 Å². The number of hydrogen-bond acceptors (Lipinski definition) is 3. The zero-order valence-corrected chi connectivity index (χ0v) is 12.8. The fraction of sp³-hybridized carbons (Fsp3) is 0.533. The summed E-state index contributed by atoms with van der Waals surface area (Å²) in [6.07, 6.45) is 0.126. The number of carbonyl (C=O) groups excluding carboxylic acids is 1. The average Bonchev–Trinajstić information content (AvgIpc) is 2.41. The molecule has 0 saturated carbocycles. The lowest BCUT2D eigenvalue weighted by Gasteiger charge is -2.32. The van der Waals surface area contributed by atoms with Crippen LogP contribution >= 0.6 is 11.6 Å². The highest BCUT2D eigenvalue weighted by molar-refractivity contribution is 6.31. The molecule has 4 nitrogen and oxygen atoms in total. The molecule has 1 aliphatic heterocycles. The zero-order valence-electron chi connectivity index (χ0n) is 12.0. The van der Waals surface area contributed by atoms with Crippen LogP contribution in [-0.2, 0) is 16.1 Å². The van der Waals surface area contributed by atoms with E-state index < -0.39 is 0 Å². The number of nitrogens with zero attached hydrogens (tertiary/aromatic N) is 2. The van der Waals surface area contributed by atoms with Gasteiger partial charge in [-0.05, 0) is 25.6 Å². The average molecular weight is 297 g/mol. The van der Waals surface area contributed by atoms with E-state index in [9.17, 15) is 4.79 Å². The van der Waals surface area contributed by atoms with E-state index in [1.807, 2.05) is 48.0 Å². The third-order valence-electron chi connectivity index (χ3n) is 3.40. The number of amides is 1. The van der Waals surface area contributed by atoms with Gasteiger partial charge in [0.05, 0.1) is 19.3 Å². The van der Waals surface area contributed by atoms with Crippen molar-refractivity contribution in [3.05, 3.63) is 34.9 Å². The van der Waals surface area contributed by atoms with Gasteiger partial charge in [0.25, 0.3) is 0 Å². The summed E-state index contributed by atoms with van der Waals surface area (Å²) in [7, 11) is 1.94. The molecule has 2 rings (SSSR count). The Labute approximate surface area is 125 Å². The van der Waals surface area contributed by atoms with Crippen molar-refractivity contribution in [2.45, 2.75) is 19.6 Å². The Hall–Kier alpha value is -1.10. The number of rotatable bonds is 4. The van der Waals surface area contributed by atoms with Crippen LogP contribution in [0.5, 0.6) is 0 Å². The van der Waals surface area contributed by atoms with Gasteiger partial charge in [-0.3, -0.25) is 9.69 Å². The van der Waals surface area contributed by atoms with Crippen LogP contribution in [0.15, 0.2) is 24.3 Å². The first-order chi connectivity index (χ1) is 9.56. The van der Waals surface area contributed by atoms with Crippen molar-refractivity contribution >= 4 is 17.5 Å². The first kappa shape index (κ1) is 15.3. The predicted octanol–water partition coefficient (Wildman–Crippen LogP) is 2.02. The Morgan fingerprint density at radius 3 is 2.95 bits per heavy atom. The molecule has 0 spiro atoms. The van der Waals surface area contributed by atoms with Crippen molar-refractivity contribution in [2.24, 2.45) is 0 Å². The molecule has 1 atom stereocenters. The largest absolute Gasteiger partial charge is 0.375 e. The Morgan fingerprint density at radius 1 is 1.50 bits per heavy atom. The molecule has 0 N–H and O–H groups in total. The van der Waals surface area contributed by atoms with Crippen molar-refractivity contribution in [3.63, 3.8) is 0 Å². The van der Waals surface area contributed by atoms with Crippen LogP contribution in [-0.4, -0.2) is 55.1 Å². The molecule has 0 aliphatic carbocycles. The normalized spacial score (nSPS) is 19.4. The molecule has 1 heterocycles. The van der Waals surface area contributed by atoms with E-state index in [0.717, 1.165) is 10.6 Å². The third kappa shape index (κ3) is 4.20. The lowest BCUT2D eigenvalue weighted by molar-refractivity contribution is -0.139. The summed E-state index contributed by atoms with van der Waals surface area (Å²) in [5.74, 6) is 0.148. The molecule has 1 fully saturated rings. The lowest BCUT2D eigenvalue weighted by Crippen LogP contribution is -2.47. The summed E-state index contributed by atoms with van der Waals surface area (Å²) in [6, 6.07) is 7.73. The van der Waals surface area contributed by atoms with Crippen LogP contribution in [0.2, 0.25) is 5.02 Å². The third-order valence-corrected chi connectivity index (χ3v) is 3.77. The highest BCUT2D eigenvalue weighted by Crippen LogP contribution is 2.16. The maximum atomic E-state index is 12.2. The van der Waals surface area contributed by atoms with Gasteiger partial charge in [0.1, 0.15) is 0 Å². The Kier molecular flexibility index (Phi) is 5.40. The van der Waals surface area contributed by atoms with Gasteiger partial charge in [-0.1, -0.05) is 29.8 Å². The summed E-state index contributed by atoms with van der Waals surface area (Å²) in [4.78, 5) is 16.1. The van der Waals surface area contributed by atoms with Gasteiger partial charge in [0.2, 0.25) is 5.91 Å². The van der Waals surface area contributed by atoms with Gasteiger partial charge < -0.3 is 9.64 Å². The van der Waals surface area contributed by atoms with Crippen LogP contribution in [0.3, 0.4) is 0 Å². The molecule has 110 valence electrons. The second kappa shape index (κ2) is 7.07. The molecule has 0 bridgehead atoms. The van der Waals surface area contributed by atoms with E-state index in [-0.39, 0.29) is 12.0 Å². The van der Waals surface area contributed by atoms with E-state index >= 15 is 0 Å². The van der Waals surface area contributed by atoms with E-state index in [4.69, 9.17) is 16.3 Å². The number of morpholine rings is 1. The van der Waals surface area contributed by atoms with Crippen molar-refractivity contribution in [3.8, 4) is 0 Å².